The molecule has 3 nitrogen and oxygen atoms in total. The predicted octanol–water partition coefficient (Wildman–Crippen LogP) is 2.48. The predicted molar refractivity (Wildman–Crippen MR) is 66.6 cm³/mol. The van der Waals surface area contributed by atoms with Gasteiger partial charge in [-0.05, 0) is 38.3 Å². The minimum atomic E-state index is -0.487. The van der Waals surface area contributed by atoms with Crippen molar-refractivity contribution >= 4 is 0 Å². The molecule has 2 rings (SSSR count). The summed E-state index contributed by atoms with van der Waals surface area (Å²) in [5, 5.41) is 10.5. The fourth-order valence-corrected chi connectivity index (χ4v) is 2.83. The standard InChI is InChI=1S/C14H21NO2/c1-8-5-6-15-7-12(8)14(16)13-9(2)10(3)17-11(13)4/h5-7,9-11,13-14,16H,1-4H3. The number of hydrogen-bond acceptors (Lipinski definition) is 3. The van der Waals surface area contributed by atoms with E-state index in [4.69, 9.17) is 4.74 Å². The second kappa shape index (κ2) is 4.75. The van der Waals surface area contributed by atoms with Crippen LogP contribution in [0.15, 0.2) is 18.5 Å². The second-order valence-corrected chi connectivity index (χ2v) is 5.16. The number of aryl methyl sites for hydroxylation is 1. The third kappa shape index (κ3) is 2.22. The molecular weight excluding hydrogens is 214 g/mol. The van der Waals surface area contributed by atoms with Crippen LogP contribution in [0.5, 0.6) is 0 Å². The van der Waals surface area contributed by atoms with Crippen LogP contribution in [0, 0.1) is 18.8 Å². The third-order valence-electron chi connectivity index (χ3n) is 4.08. The van der Waals surface area contributed by atoms with Gasteiger partial charge in [0, 0.05) is 23.9 Å². The average Bonchev–Trinajstić information content (AvgIpc) is 2.53. The van der Waals surface area contributed by atoms with Crippen molar-refractivity contribution in [2.75, 3.05) is 0 Å². The van der Waals surface area contributed by atoms with Crippen molar-refractivity contribution in [2.45, 2.75) is 46.0 Å². The quantitative estimate of drug-likeness (QED) is 0.856. The van der Waals surface area contributed by atoms with Gasteiger partial charge in [-0.25, -0.2) is 0 Å². The Morgan fingerprint density at radius 3 is 2.53 bits per heavy atom. The molecule has 0 aliphatic carbocycles. The number of aliphatic hydroxyl groups is 1. The van der Waals surface area contributed by atoms with Crippen molar-refractivity contribution in [3.63, 3.8) is 0 Å². The minimum absolute atomic E-state index is 0.0922. The molecule has 1 aromatic rings. The maximum Gasteiger partial charge on any atom is 0.0863 e. The Balaban J connectivity index is 2.26. The summed E-state index contributed by atoms with van der Waals surface area (Å²) in [4.78, 5) is 4.11. The van der Waals surface area contributed by atoms with Crippen molar-refractivity contribution < 1.29 is 9.84 Å². The Kier molecular flexibility index (Phi) is 3.50. The molecule has 0 spiro atoms. The summed E-state index contributed by atoms with van der Waals surface area (Å²) in [5.74, 6) is 0.507. The monoisotopic (exact) mass is 235 g/mol. The summed E-state index contributed by atoms with van der Waals surface area (Å²) < 4.78 is 5.79. The molecule has 0 amide bonds. The Morgan fingerprint density at radius 1 is 1.29 bits per heavy atom. The van der Waals surface area contributed by atoms with Gasteiger partial charge in [0.05, 0.1) is 18.3 Å². The van der Waals surface area contributed by atoms with Gasteiger partial charge in [-0.3, -0.25) is 4.98 Å². The highest BCUT2D eigenvalue weighted by molar-refractivity contribution is 5.25. The van der Waals surface area contributed by atoms with Crippen molar-refractivity contribution in [2.24, 2.45) is 11.8 Å². The Hall–Kier alpha value is -0.930. The Labute approximate surface area is 103 Å². The van der Waals surface area contributed by atoms with Crippen LogP contribution in [0.3, 0.4) is 0 Å². The highest BCUT2D eigenvalue weighted by Gasteiger charge is 2.41. The zero-order chi connectivity index (χ0) is 12.6. The van der Waals surface area contributed by atoms with E-state index in [-0.39, 0.29) is 18.1 Å². The van der Waals surface area contributed by atoms with Crippen LogP contribution in [-0.4, -0.2) is 22.3 Å². The van der Waals surface area contributed by atoms with Gasteiger partial charge in [-0.15, -0.1) is 0 Å². The second-order valence-electron chi connectivity index (χ2n) is 5.16. The topological polar surface area (TPSA) is 42.4 Å². The van der Waals surface area contributed by atoms with Gasteiger partial charge in [0.15, 0.2) is 0 Å². The number of aromatic nitrogens is 1. The first-order chi connectivity index (χ1) is 8.02. The molecule has 5 unspecified atom stereocenters. The summed E-state index contributed by atoms with van der Waals surface area (Å²) in [6.45, 7) is 8.27. The van der Waals surface area contributed by atoms with Gasteiger partial charge in [-0.2, -0.15) is 0 Å². The number of pyridine rings is 1. The number of ether oxygens (including phenoxy) is 1. The lowest BCUT2D eigenvalue weighted by atomic mass is 9.82. The van der Waals surface area contributed by atoms with E-state index in [2.05, 4.69) is 18.8 Å². The molecule has 1 saturated heterocycles. The molecular formula is C14H21NO2. The van der Waals surface area contributed by atoms with Crippen molar-refractivity contribution in [1.29, 1.82) is 0 Å². The van der Waals surface area contributed by atoms with Gasteiger partial charge >= 0.3 is 0 Å². The maximum absolute atomic E-state index is 10.5. The number of aliphatic hydroxyl groups excluding tert-OH is 1. The zero-order valence-corrected chi connectivity index (χ0v) is 10.9. The number of nitrogens with zero attached hydrogens (tertiary/aromatic N) is 1. The summed E-state index contributed by atoms with van der Waals surface area (Å²) in [5.41, 5.74) is 2.01. The largest absolute Gasteiger partial charge is 0.388 e. The molecule has 3 heteroatoms. The van der Waals surface area contributed by atoms with Crippen molar-refractivity contribution in [1.82, 2.24) is 4.98 Å². The van der Waals surface area contributed by atoms with Crippen LogP contribution >= 0.6 is 0 Å². The fraction of sp³-hybridized carbons (Fsp3) is 0.643. The summed E-state index contributed by atoms with van der Waals surface area (Å²) >= 11 is 0. The van der Waals surface area contributed by atoms with Gasteiger partial charge in [0.2, 0.25) is 0 Å². The first-order valence-corrected chi connectivity index (χ1v) is 6.26. The normalized spacial score (nSPS) is 34.9. The van der Waals surface area contributed by atoms with E-state index >= 15 is 0 Å². The lowest BCUT2D eigenvalue weighted by Crippen LogP contribution is -2.25. The van der Waals surface area contributed by atoms with Gasteiger partial charge < -0.3 is 9.84 Å². The van der Waals surface area contributed by atoms with Gasteiger partial charge in [0.1, 0.15) is 0 Å². The molecule has 1 aliphatic heterocycles. The molecule has 0 radical (unpaired) electrons. The molecule has 1 aromatic heterocycles. The van der Waals surface area contributed by atoms with Crippen LogP contribution in [0.25, 0.3) is 0 Å². The lowest BCUT2D eigenvalue weighted by Gasteiger charge is -2.25. The highest BCUT2D eigenvalue weighted by atomic mass is 16.5. The number of rotatable bonds is 2. The van der Waals surface area contributed by atoms with E-state index in [1.165, 1.54) is 0 Å². The fourth-order valence-electron chi connectivity index (χ4n) is 2.83. The van der Waals surface area contributed by atoms with E-state index < -0.39 is 6.10 Å². The molecule has 0 saturated carbocycles. The molecule has 17 heavy (non-hydrogen) atoms. The number of hydrogen-bond donors (Lipinski definition) is 1. The Bertz CT molecular complexity index is 394. The Morgan fingerprint density at radius 2 is 2.00 bits per heavy atom. The minimum Gasteiger partial charge on any atom is -0.388 e. The van der Waals surface area contributed by atoms with Crippen LogP contribution in [0.4, 0.5) is 0 Å². The van der Waals surface area contributed by atoms with E-state index in [9.17, 15) is 5.11 Å². The smallest absolute Gasteiger partial charge is 0.0863 e. The van der Waals surface area contributed by atoms with Crippen LogP contribution in [0.1, 0.15) is 38.0 Å². The van der Waals surface area contributed by atoms with E-state index in [0.717, 1.165) is 11.1 Å². The SMILES string of the molecule is Cc1ccncc1C(O)C1C(C)OC(C)C1C. The van der Waals surface area contributed by atoms with Crippen LogP contribution < -0.4 is 0 Å². The maximum atomic E-state index is 10.5. The van der Waals surface area contributed by atoms with Crippen LogP contribution in [-0.2, 0) is 4.74 Å². The zero-order valence-electron chi connectivity index (χ0n) is 10.9. The van der Waals surface area contributed by atoms with Gasteiger partial charge in [-0.1, -0.05) is 6.92 Å². The first kappa shape index (κ1) is 12.5. The summed E-state index contributed by atoms with van der Waals surface area (Å²) in [6, 6.07) is 1.94. The average molecular weight is 235 g/mol. The molecule has 2 heterocycles. The molecule has 0 aromatic carbocycles. The van der Waals surface area contributed by atoms with Gasteiger partial charge in [0.25, 0.3) is 0 Å². The molecule has 1 aliphatic rings. The summed E-state index contributed by atoms with van der Waals surface area (Å²) in [6.07, 6.45) is 3.34. The lowest BCUT2D eigenvalue weighted by molar-refractivity contribution is 0.0228. The molecule has 0 bridgehead atoms. The molecule has 1 N–H and O–H groups in total. The summed E-state index contributed by atoms with van der Waals surface area (Å²) in [7, 11) is 0. The third-order valence-corrected chi connectivity index (χ3v) is 4.08. The van der Waals surface area contributed by atoms with Crippen molar-refractivity contribution in [3.05, 3.63) is 29.6 Å². The van der Waals surface area contributed by atoms with Crippen LogP contribution in [0.2, 0.25) is 0 Å². The first-order valence-electron chi connectivity index (χ1n) is 6.26. The molecule has 5 atom stereocenters. The van der Waals surface area contributed by atoms with Crippen molar-refractivity contribution in [3.8, 4) is 0 Å². The van der Waals surface area contributed by atoms with E-state index in [0.29, 0.717) is 5.92 Å². The molecule has 1 fully saturated rings. The highest BCUT2D eigenvalue weighted by Crippen LogP contribution is 2.40. The van der Waals surface area contributed by atoms with E-state index in [1.807, 2.05) is 19.9 Å². The van der Waals surface area contributed by atoms with E-state index in [1.54, 1.807) is 12.4 Å². The molecule has 94 valence electrons.